The molecule has 2 N–H and O–H groups in total. The number of benzene rings is 1. The van der Waals surface area contributed by atoms with Crippen LogP contribution in [0.2, 0.25) is 0 Å². The molecule has 3 rings (SSSR count). The lowest BCUT2D eigenvalue weighted by Gasteiger charge is -2.29. The van der Waals surface area contributed by atoms with Gasteiger partial charge in [0.05, 0.1) is 12.9 Å². The van der Waals surface area contributed by atoms with Gasteiger partial charge in [-0.1, -0.05) is 31.5 Å². The Morgan fingerprint density at radius 3 is 2.62 bits per heavy atom. The Kier molecular flexibility index (Phi) is 7.13. The quantitative estimate of drug-likeness (QED) is 0.701. The maximum Gasteiger partial charge on any atom is 0.321 e. The molecule has 0 bridgehead atoms. The summed E-state index contributed by atoms with van der Waals surface area (Å²) < 4.78 is 6.99. The van der Waals surface area contributed by atoms with Crippen molar-refractivity contribution in [1.29, 1.82) is 0 Å². The number of carbonyl (C=O) groups is 2. The molecule has 0 radical (unpaired) electrons. The molecule has 1 fully saturated rings. The number of ether oxygens (including phenoxy) is 1. The van der Waals surface area contributed by atoms with Gasteiger partial charge in [0.25, 0.3) is 0 Å². The fraction of sp³-hybridized carbons (Fsp3) is 0.500. The molecule has 29 heavy (non-hydrogen) atoms. The highest BCUT2D eigenvalue weighted by molar-refractivity contribution is 7.99. The van der Waals surface area contributed by atoms with E-state index in [-0.39, 0.29) is 17.7 Å². The number of urea groups is 1. The van der Waals surface area contributed by atoms with E-state index in [9.17, 15) is 9.59 Å². The highest BCUT2D eigenvalue weighted by Crippen LogP contribution is 2.25. The molecular formula is C20H27N5O3S. The van der Waals surface area contributed by atoms with Crippen molar-refractivity contribution in [3.8, 4) is 17.1 Å². The molecule has 1 heterocycles. The summed E-state index contributed by atoms with van der Waals surface area (Å²) in [5, 5.41) is 14.3. The summed E-state index contributed by atoms with van der Waals surface area (Å²) in [5.41, 5.74) is 0.901. The van der Waals surface area contributed by atoms with E-state index in [1.165, 1.54) is 18.2 Å². The third kappa shape index (κ3) is 5.50. The second-order valence-electron chi connectivity index (χ2n) is 7.27. The number of imide groups is 1. The van der Waals surface area contributed by atoms with Crippen molar-refractivity contribution in [2.45, 2.75) is 43.8 Å². The van der Waals surface area contributed by atoms with Gasteiger partial charge in [-0.25, -0.2) is 4.79 Å². The van der Waals surface area contributed by atoms with Crippen LogP contribution in [0.15, 0.2) is 29.4 Å². The number of aromatic nitrogens is 3. The van der Waals surface area contributed by atoms with E-state index in [4.69, 9.17) is 4.74 Å². The number of thioether (sulfide) groups is 1. The molecule has 1 aliphatic carbocycles. The molecule has 0 saturated heterocycles. The van der Waals surface area contributed by atoms with Gasteiger partial charge in [-0.3, -0.25) is 10.1 Å². The smallest absolute Gasteiger partial charge is 0.321 e. The summed E-state index contributed by atoms with van der Waals surface area (Å²) in [5.74, 6) is 1.63. The average molecular weight is 418 g/mol. The van der Waals surface area contributed by atoms with Crippen LogP contribution < -0.4 is 15.4 Å². The van der Waals surface area contributed by atoms with E-state index in [0.717, 1.165) is 30.6 Å². The molecule has 1 aliphatic rings. The monoisotopic (exact) mass is 417 g/mol. The van der Waals surface area contributed by atoms with Crippen LogP contribution >= 0.6 is 11.8 Å². The van der Waals surface area contributed by atoms with Crippen LogP contribution in [0, 0.1) is 5.92 Å². The first-order chi connectivity index (χ1) is 14.0. The zero-order chi connectivity index (χ0) is 20.8. The third-order valence-corrected chi connectivity index (χ3v) is 6.22. The standard InChI is InChI=1S/C20H27N5O3S/c1-13-6-4-5-7-16(13)21-19(27)22-17(26)12-29-20-24-23-18(25(20)2)14-8-10-15(28-3)11-9-14/h8-11,13,16H,4-7,12H2,1-3H3,(H2,21,22,26,27)/t13-,16-/m0/s1. The number of methoxy groups -OCH3 is 1. The maximum absolute atomic E-state index is 12.1. The lowest BCUT2D eigenvalue weighted by molar-refractivity contribution is -0.117. The predicted molar refractivity (Wildman–Crippen MR) is 112 cm³/mol. The second-order valence-corrected chi connectivity index (χ2v) is 8.21. The van der Waals surface area contributed by atoms with E-state index in [1.807, 2.05) is 35.9 Å². The van der Waals surface area contributed by atoms with Crippen LogP contribution in [0.4, 0.5) is 4.79 Å². The van der Waals surface area contributed by atoms with Crippen molar-refractivity contribution in [2.24, 2.45) is 13.0 Å². The number of hydrogen-bond acceptors (Lipinski definition) is 6. The fourth-order valence-corrected chi connectivity index (χ4v) is 4.17. The summed E-state index contributed by atoms with van der Waals surface area (Å²) in [6.07, 6.45) is 4.39. The topological polar surface area (TPSA) is 98.1 Å². The molecule has 3 amide bonds. The predicted octanol–water partition coefficient (Wildman–Crippen LogP) is 2.99. The molecule has 156 valence electrons. The highest BCUT2D eigenvalue weighted by Gasteiger charge is 2.23. The number of nitrogens with zero attached hydrogens (tertiary/aromatic N) is 3. The highest BCUT2D eigenvalue weighted by atomic mass is 32.2. The van der Waals surface area contributed by atoms with Crippen LogP contribution in [0.25, 0.3) is 11.4 Å². The average Bonchev–Trinajstić information content (AvgIpc) is 3.08. The number of amides is 3. The largest absolute Gasteiger partial charge is 0.497 e. The Morgan fingerprint density at radius 2 is 1.93 bits per heavy atom. The summed E-state index contributed by atoms with van der Waals surface area (Å²) in [4.78, 5) is 24.2. The van der Waals surface area contributed by atoms with Gasteiger partial charge < -0.3 is 14.6 Å². The van der Waals surface area contributed by atoms with Crippen molar-refractivity contribution in [2.75, 3.05) is 12.9 Å². The van der Waals surface area contributed by atoms with Gasteiger partial charge in [0, 0.05) is 18.7 Å². The van der Waals surface area contributed by atoms with Crippen LogP contribution in [0.5, 0.6) is 5.75 Å². The molecule has 2 atom stereocenters. The van der Waals surface area contributed by atoms with Gasteiger partial charge in [-0.15, -0.1) is 10.2 Å². The molecule has 2 aromatic rings. The van der Waals surface area contributed by atoms with E-state index in [0.29, 0.717) is 16.9 Å². The Morgan fingerprint density at radius 1 is 1.21 bits per heavy atom. The summed E-state index contributed by atoms with van der Waals surface area (Å²) in [6.45, 7) is 2.14. The third-order valence-electron chi connectivity index (χ3n) is 5.20. The van der Waals surface area contributed by atoms with E-state index in [2.05, 4.69) is 27.8 Å². The molecule has 1 aromatic heterocycles. The summed E-state index contributed by atoms with van der Waals surface area (Å²) in [6, 6.07) is 7.23. The number of nitrogens with one attached hydrogen (secondary N) is 2. The lowest BCUT2D eigenvalue weighted by atomic mass is 9.86. The Hall–Kier alpha value is -2.55. The number of rotatable bonds is 6. The number of hydrogen-bond donors (Lipinski definition) is 2. The molecule has 9 heteroatoms. The van der Waals surface area contributed by atoms with E-state index >= 15 is 0 Å². The summed E-state index contributed by atoms with van der Waals surface area (Å²) in [7, 11) is 3.46. The first-order valence-electron chi connectivity index (χ1n) is 9.75. The minimum absolute atomic E-state index is 0.0855. The molecule has 0 spiro atoms. The van der Waals surface area contributed by atoms with Crippen molar-refractivity contribution in [3.05, 3.63) is 24.3 Å². The molecule has 0 aliphatic heterocycles. The van der Waals surface area contributed by atoms with Gasteiger partial charge >= 0.3 is 6.03 Å². The zero-order valence-corrected chi connectivity index (χ0v) is 17.8. The molecular weight excluding hydrogens is 390 g/mol. The maximum atomic E-state index is 12.1. The SMILES string of the molecule is COc1ccc(-c2nnc(SCC(=O)NC(=O)N[C@H]3CCCC[C@@H]3C)n2C)cc1. The molecule has 8 nitrogen and oxygen atoms in total. The molecule has 0 unspecified atom stereocenters. The Bertz CT molecular complexity index is 852. The minimum atomic E-state index is -0.425. The van der Waals surface area contributed by atoms with Gasteiger partial charge in [0.15, 0.2) is 11.0 Å². The van der Waals surface area contributed by atoms with E-state index < -0.39 is 6.03 Å². The number of carbonyl (C=O) groups excluding carboxylic acids is 2. The molecule has 1 aromatic carbocycles. The van der Waals surface area contributed by atoms with Gasteiger partial charge in [-0.2, -0.15) is 0 Å². The Labute approximate surface area is 174 Å². The fourth-order valence-electron chi connectivity index (χ4n) is 3.46. The van der Waals surface area contributed by atoms with Crippen molar-refractivity contribution in [1.82, 2.24) is 25.4 Å². The lowest BCUT2D eigenvalue weighted by Crippen LogP contribution is -2.48. The van der Waals surface area contributed by atoms with Crippen LogP contribution in [-0.2, 0) is 11.8 Å². The zero-order valence-electron chi connectivity index (χ0n) is 17.0. The van der Waals surface area contributed by atoms with Gasteiger partial charge in [0.1, 0.15) is 5.75 Å². The van der Waals surface area contributed by atoms with Gasteiger partial charge in [-0.05, 0) is 43.0 Å². The second kappa shape index (κ2) is 9.78. The van der Waals surface area contributed by atoms with Crippen molar-refractivity contribution >= 4 is 23.7 Å². The van der Waals surface area contributed by atoms with Crippen molar-refractivity contribution in [3.63, 3.8) is 0 Å². The van der Waals surface area contributed by atoms with E-state index in [1.54, 1.807) is 7.11 Å². The van der Waals surface area contributed by atoms with Crippen LogP contribution in [0.3, 0.4) is 0 Å². The first kappa shape index (κ1) is 21.2. The van der Waals surface area contributed by atoms with Crippen molar-refractivity contribution < 1.29 is 14.3 Å². The summed E-state index contributed by atoms with van der Waals surface area (Å²) >= 11 is 1.24. The normalized spacial score (nSPS) is 18.9. The minimum Gasteiger partial charge on any atom is -0.497 e. The molecule has 1 saturated carbocycles. The van der Waals surface area contributed by atoms with Gasteiger partial charge in [0.2, 0.25) is 5.91 Å². The van der Waals surface area contributed by atoms with Crippen LogP contribution in [-0.4, -0.2) is 45.6 Å². The first-order valence-corrected chi connectivity index (χ1v) is 10.7. The Balaban J connectivity index is 1.51. The van der Waals surface area contributed by atoms with Crippen LogP contribution in [0.1, 0.15) is 32.6 Å².